The van der Waals surface area contributed by atoms with E-state index < -0.39 is 0 Å². The average molecular weight is 203 g/mol. The van der Waals surface area contributed by atoms with Crippen LogP contribution in [0.4, 0.5) is 4.39 Å². The fraction of sp³-hybridized carbons (Fsp3) is 0.250. The van der Waals surface area contributed by atoms with E-state index in [2.05, 4.69) is 0 Å². The Hall–Kier alpha value is -1.64. The lowest BCUT2D eigenvalue weighted by Crippen LogP contribution is -2.17. The number of aryl methyl sites for hydroxylation is 3. The molecule has 1 aromatic heterocycles. The van der Waals surface area contributed by atoms with Gasteiger partial charge in [-0.1, -0.05) is 0 Å². The molecule has 76 valence electrons. The molecular formula is C12H10FNO. The molecule has 1 aliphatic rings. The van der Waals surface area contributed by atoms with Crippen LogP contribution in [0, 0.1) is 12.7 Å². The van der Waals surface area contributed by atoms with Gasteiger partial charge in [0.05, 0.1) is 5.52 Å². The van der Waals surface area contributed by atoms with Gasteiger partial charge in [-0.15, -0.1) is 0 Å². The molecule has 0 radical (unpaired) electrons. The van der Waals surface area contributed by atoms with Crippen LogP contribution in [0.25, 0.3) is 10.9 Å². The molecule has 0 atom stereocenters. The Bertz CT molecular complexity index is 628. The smallest absolute Gasteiger partial charge is 0.251 e. The second-order valence-electron chi connectivity index (χ2n) is 3.99. The molecule has 1 aliphatic heterocycles. The summed E-state index contributed by atoms with van der Waals surface area (Å²) in [4.78, 5) is 11.7. The molecule has 1 aromatic carbocycles. The lowest BCUT2D eigenvalue weighted by molar-refractivity contribution is 0.612. The van der Waals surface area contributed by atoms with Gasteiger partial charge < -0.3 is 4.57 Å². The predicted octanol–water partition coefficient (Wildman–Crippen LogP) is 2.01. The second kappa shape index (κ2) is 2.69. The third-order valence-electron chi connectivity index (χ3n) is 3.11. The van der Waals surface area contributed by atoms with E-state index in [4.69, 9.17) is 0 Å². The summed E-state index contributed by atoms with van der Waals surface area (Å²) in [5.74, 6) is -0.196. The van der Waals surface area contributed by atoms with Crippen LogP contribution in [0.1, 0.15) is 11.1 Å². The maximum atomic E-state index is 13.5. The van der Waals surface area contributed by atoms with Crippen LogP contribution in [0.2, 0.25) is 0 Å². The molecule has 0 amide bonds. The Morgan fingerprint density at radius 2 is 2.20 bits per heavy atom. The summed E-state index contributed by atoms with van der Waals surface area (Å²) in [6.07, 6.45) is 0.627. The van der Waals surface area contributed by atoms with Crippen molar-refractivity contribution in [1.82, 2.24) is 4.57 Å². The van der Waals surface area contributed by atoms with Crippen LogP contribution in [0.3, 0.4) is 0 Å². The Balaban J connectivity index is 2.64. The van der Waals surface area contributed by atoms with Crippen molar-refractivity contribution in [1.29, 1.82) is 0 Å². The van der Waals surface area contributed by atoms with Crippen LogP contribution >= 0.6 is 0 Å². The Morgan fingerprint density at radius 3 is 3.00 bits per heavy atom. The number of hydrogen-bond donors (Lipinski definition) is 0. The number of aromatic nitrogens is 1. The van der Waals surface area contributed by atoms with E-state index in [0.717, 1.165) is 16.5 Å². The quantitative estimate of drug-likeness (QED) is 0.642. The van der Waals surface area contributed by atoms with Gasteiger partial charge in [-0.3, -0.25) is 4.79 Å². The first-order valence-corrected chi connectivity index (χ1v) is 5.00. The summed E-state index contributed by atoms with van der Waals surface area (Å²) in [5.41, 5.74) is 2.38. The van der Waals surface area contributed by atoms with Crippen molar-refractivity contribution >= 4 is 10.9 Å². The Kier molecular flexibility index (Phi) is 1.55. The minimum absolute atomic E-state index is 0.0237. The molecule has 0 fully saturated rings. The van der Waals surface area contributed by atoms with E-state index in [0.29, 0.717) is 18.5 Å². The van der Waals surface area contributed by atoms with Crippen LogP contribution < -0.4 is 5.56 Å². The van der Waals surface area contributed by atoms with Gasteiger partial charge in [0.15, 0.2) is 0 Å². The summed E-state index contributed by atoms with van der Waals surface area (Å²) in [6.45, 7) is 2.49. The fourth-order valence-electron chi connectivity index (χ4n) is 2.37. The number of benzene rings is 1. The maximum Gasteiger partial charge on any atom is 0.251 e. The highest BCUT2D eigenvalue weighted by molar-refractivity contribution is 5.86. The molecular weight excluding hydrogens is 193 g/mol. The van der Waals surface area contributed by atoms with Gasteiger partial charge in [0.2, 0.25) is 0 Å². The first-order valence-electron chi connectivity index (χ1n) is 5.00. The number of hydrogen-bond acceptors (Lipinski definition) is 1. The highest BCUT2D eigenvalue weighted by Crippen LogP contribution is 2.27. The van der Waals surface area contributed by atoms with Crippen molar-refractivity contribution in [3.05, 3.63) is 45.5 Å². The second-order valence-corrected chi connectivity index (χ2v) is 3.99. The maximum absolute atomic E-state index is 13.5. The standard InChI is InChI=1S/C12H10FNO/c1-7-6-11(15)14-5-4-9-10(13)3-2-8(7)12(9)14/h2-3,6H,4-5H2,1H3. The largest absolute Gasteiger partial charge is 0.308 e. The van der Waals surface area contributed by atoms with E-state index >= 15 is 0 Å². The summed E-state index contributed by atoms with van der Waals surface area (Å²) in [7, 11) is 0. The monoisotopic (exact) mass is 203 g/mol. The molecule has 3 heteroatoms. The minimum atomic E-state index is -0.196. The fourth-order valence-corrected chi connectivity index (χ4v) is 2.37. The highest BCUT2D eigenvalue weighted by Gasteiger charge is 2.19. The van der Waals surface area contributed by atoms with Crippen molar-refractivity contribution < 1.29 is 4.39 Å². The third kappa shape index (κ3) is 1.00. The first kappa shape index (κ1) is 8.65. The topological polar surface area (TPSA) is 22.0 Å². The summed E-state index contributed by atoms with van der Waals surface area (Å²) in [5, 5.41) is 0.989. The average Bonchev–Trinajstić information content (AvgIpc) is 2.62. The Morgan fingerprint density at radius 1 is 1.40 bits per heavy atom. The van der Waals surface area contributed by atoms with Gasteiger partial charge in [-0.05, 0) is 31.0 Å². The lowest BCUT2D eigenvalue weighted by Gasteiger charge is -2.06. The SMILES string of the molecule is Cc1cc(=O)n2c3c(c(F)ccc13)CC2. The molecule has 0 aliphatic carbocycles. The van der Waals surface area contributed by atoms with E-state index in [9.17, 15) is 9.18 Å². The summed E-state index contributed by atoms with van der Waals surface area (Å²) >= 11 is 0. The highest BCUT2D eigenvalue weighted by atomic mass is 19.1. The zero-order chi connectivity index (χ0) is 10.6. The van der Waals surface area contributed by atoms with E-state index in [1.807, 2.05) is 6.92 Å². The van der Waals surface area contributed by atoms with Crippen LogP contribution in [0.5, 0.6) is 0 Å². The van der Waals surface area contributed by atoms with Crippen LogP contribution in [-0.4, -0.2) is 4.57 Å². The number of pyridine rings is 1. The molecule has 0 unspecified atom stereocenters. The molecule has 3 rings (SSSR count). The molecule has 15 heavy (non-hydrogen) atoms. The molecule has 0 saturated carbocycles. The third-order valence-corrected chi connectivity index (χ3v) is 3.11. The first-order chi connectivity index (χ1) is 7.18. The molecule has 2 nitrogen and oxygen atoms in total. The van der Waals surface area contributed by atoms with Gasteiger partial charge >= 0.3 is 0 Å². The van der Waals surface area contributed by atoms with Gasteiger partial charge in [0, 0.05) is 23.6 Å². The van der Waals surface area contributed by atoms with Crippen LogP contribution in [0.15, 0.2) is 23.0 Å². The normalized spacial score (nSPS) is 13.7. The molecule has 2 heterocycles. The van der Waals surface area contributed by atoms with Gasteiger partial charge in [-0.25, -0.2) is 4.39 Å². The molecule has 0 bridgehead atoms. The summed E-state index contributed by atoms with van der Waals surface area (Å²) in [6, 6.07) is 4.87. The van der Waals surface area contributed by atoms with E-state index in [1.54, 1.807) is 16.7 Å². The number of nitrogens with zero attached hydrogens (tertiary/aromatic N) is 1. The van der Waals surface area contributed by atoms with Crippen molar-refractivity contribution in [3.8, 4) is 0 Å². The van der Waals surface area contributed by atoms with Gasteiger partial charge in [-0.2, -0.15) is 0 Å². The molecule has 2 aromatic rings. The van der Waals surface area contributed by atoms with Crippen molar-refractivity contribution in [2.75, 3.05) is 0 Å². The molecule has 0 N–H and O–H groups in total. The minimum Gasteiger partial charge on any atom is -0.308 e. The zero-order valence-corrected chi connectivity index (χ0v) is 8.38. The van der Waals surface area contributed by atoms with Crippen molar-refractivity contribution in [3.63, 3.8) is 0 Å². The van der Waals surface area contributed by atoms with Gasteiger partial charge in [0.1, 0.15) is 5.82 Å². The van der Waals surface area contributed by atoms with E-state index in [-0.39, 0.29) is 11.4 Å². The van der Waals surface area contributed by atoms with Gasteiger partial charge in [0.25, 0.3) is 5.56 Å². The van der Waals surface area contributed by atoms with Crippen LogP contribution in [-0.2, 0) is 13.0 Å². The molecule has 0 saturated heterocycles. The summed E-state index contributed by atoms with van der Waals surface area (Å²) < 4.78 is 15.2. The van der Waals surface area contributed by atoms with E-state index in [1.165, 1.54) is 6.07 Å². The molecule has 0 spiro atoms. The zero-order valence-electron chi connectivity index (χ0n) is 8.38. The lowest BCUT2D eigenvalue weighted by atomic mass is 10.1. The Labute approximate surface area is 86.0 Å². The predicted molar refractivity (Wildman–Crippen MR) is 56.6 cm³/mol. The van der Waals surface area contributed by atoms with Crippen molar-refractivity contribution in [2.45, 2.75) is 19.9 Å². The number of rotatable bonds is 0. The van der Waals surface area contributed by atoms with Crippen molar-refractivity contribution in [2.24, 2.45) is 0 Å². The number of halogens is 1.